The van der Waals surface area contributed by atoms with Gasteiger partial charge in [0.1, 0.15) is 0 Å². The summed E-state index contributed by atoms with van der Waals surface area (Å²) in [5.74, 6) is -0.300. The Morgan fingerprint density at radius 3 is 2.81 bits per heavy atom. The van der Waals surface area contributed by atoms with Crippen molar-refractivity contribution in [2.75, 3.05) is 13.2 Å². The third-order valence-corrected chi connectivity index (χ3v) is 4.10. The first-order valence-electron chi connectivity index (χ1n) is 7.89. The Morgan fingerprint density at radius 2 is 2.08 bits per heavy atom. The maximum atomic E-state index is 12.9. The molecule has 1 aliphatic rings. The van der Waals surface area contributed by atoms with E-state index >= 15 is 0 Å². The van der Waals surface area contributed by atoms with Crippen molar-refractivity contribution in [3.63, 3.8) is 0 Å². The molecule has 1 amide bonds. The molecule has 6 nitrogen and oxygen atoms in total. The van der Waals surface area contributed by atoms with Gasteiger partial charge in [-0.3, -0.25) is 14.6 Å². The molecule has 1 aliphatic heterocycles. The molecule has 0 radical (unpaired) electrons. The molecule has 0 unspecified atom stereocenters. The van der Waals surface area contributed by atoms with Crippen LogP contribution in [0.3, 0.4) is 0 Å². The number of halogens is 3. The van der Waals surface area contributed by atoms with Crippen LogP contribution in [-0.4, -0.2) is 38.9 Å². The van der Waals surface area contributed by atoms with Crippen molar-refractivity contribution in [2.24, 2.45) is 0 Å². The fourth-order valence-electron chi connectivity index (χ4n) is 2.83. The van der Waals surface area contributed by atoms with Gasteiger partial charge in [0.2, 0.25) is 0 Å². The number of fused-ring (bicyclic) bond motifs is 1. The Hall–Kier alpha value is -2.94. The zero-order valence-corrected chi connectivity index (χ0v) is 13.4. The van der Waals surface area contributed by atoms with Gasteiger partial charge in [-0.25, -0.2) is 9.75 Å². The molecule has 3 aromatic rings. The molecule has 134 valence electrons. The first-order chi connectivity index (χ1) is 12.4. The van der Waals surface area contributed by atoms with Crippen LogP contribution in [0.1, 0.15) is 22.3 Å². The van der Waals surface area contributed by atoms with E-state index in [0.717, 1.165) is 18.6 Å². The van der Waals surface area contributed by atoms with E-state index in [-0.39, 0.29) is 11.4 Å². The normalized spacial score (nSPS) is 15.0. The maximum absolute atomic E-state index is 12.9. The first kappa shape index (κ1) is 16.5. The van der Waals surface area contributed by atoms with Gasteiger partial charge in [-0.1, -0.05) is 6.07 Å². The van der Waals surface area contributed by atoms with Gasteiger partial charge in [0, 0.05) is 17.8 Å². The molecule has 0 saturated carbocycles. The summed E-state index contributed by atoms with van der Waals surface area (Å²) in [6.45, 7) is 1.01. The standard InChI is InChI=1S/C17H13F3N4O2/c18-17(19,20)12-2-3-13-14(8-12)21-5-4-15(13)23-10-11(9-22-23)16(25)24-6-1-7-26-24/h2-5,8-10H,1,6-7H2. The number of carbonyl (C=O) groups is 1. The van der Waals surface area contributed by atoms with Crippen molar-refractivity contribution in [3.8, 4) is 5.69 Å². The van der Waals surface area contributed by atoms with Crippen LogP contribution in [0.4, 0.5) is 13.2 Å². The van der Waals surface area contributed by atoms with Gasteiger partial charge in [0.25, 0.3) is 5.91 Å². The second kappa shape index (κ2) is 6.10. The summed E-state index contributed by atoms with van der Waals surface area (Å²) in [5.41, 5.74) is 0.301. The van der Waals surface area contributed by atoms with Gasteiger partial charge in [-0.15, -0.1) is 0 Å². The van der Waals surface area contributed by atoms with Crippen LogP contribution in [0.15, 0.2) is 42.9 Å². The number of nitrogens with zero attached hydrogens (tertiary/aromatic N) is 4. The fraction of sp³-hybridized carbons (Fsp3) is 0.235. The smallest absolute Gasteiger partial charge is 0.271 e. The highest BCUT2D eigenvalue weighted by Gasteiger charge is 2.30. The lowest BCUT2D eigenvalue weighted by molar-refractivity contribution is -0.137. The number of hydrogen-bond acceptors (Lipinski definition) is 4. The summed E-state index contributed by atoms with van der Waals surface area (Å²) < 4.78 is 40.1. The zero-order chi connectivity index (χ0) is 18.3. The van der Waals surface area contributed by atoms with Crippen LogP contribution in [0.5, 0.6) is 0 Å². The van der Waals surface area contributed by atoms with Crippen molar-refractivity contribution >= 4 is 16.8 Å². The molecule has 2 aromatic heterocycles. The van der Waals surface area contributed by atoms with Gasteiger partial charge in [-0.05, 0) is 24.6 Å². The molecule has 26 heavy (non-hydrogen) atoms. The fourth-order valence-corrected chi connectivity index (χ4v) is 2.83. The number of carbonyl (C=O) groups excluding carboxylic acids is 1. The van der Waals surface area contributed by atoms with E-state index in [4.69, 9.17) is 4.84 Å². The molecule has 9 heteroatoms. The van der Waals surface area contributed by atoms with E-state index < -0.39 is 11.7 Å². The lowest BCUT2D eigenvalue weighted by Gasteiger charge is -2.12. The number of aromatic nitrogens is 3. The number of hydroxylamine groups is 2. The molecule has 3 heterocycles. The van der Waals surface area contributed by atoms with Gasteiger partial charge in [0.05, 0.1) is 41.7 Å². The Morgan fingerprint density at radius 1 is 1.23 bits per heavy atom. The largest absolute Gasteiger partial charge is 0.416 e. The molecule has 1 saturated heterocycles. The van der Waals surface area contributed by atoms with Gasteiger partial charge in [-0.2, -0.15) is 18.3 Å². The summed E-state index contributed by atoms with van der Waals surface area (Å²) >= 11 is 0. The van der Waals surface area contributed by atoms with Crippen LogP contribution in [0.25, 0.3) is 16.6 Å². The summed E-state index contributed by atoms with van der Waals surface area (Å²) in [6, 6.07) is 4.98. The van der Waals surface area contributed by atoms with Crippen LogP contribution in [0, 0.1) is 0 Å². The highest BCUT2D eigenvalue weighted by molar-refractivity contribution is 5.93. The number of hydrogen-bond donors (Lipinski definition) is 0. The Bertz CT molecular complexity index is 978. The summed E-state index contributed by atoms with van der Waals surface area (Å²) in [6.07, 6.45) is 0.671. The predicted molar refractivity (Wildman–Crippen MR) is 85.5 cm³/mol. The molecule has 0 bridgehead atoms. The quantitative estimate of drug-likeness (QED) is 0.702. The van der Waals surface area contributed by atoms with Crippen LogP contribution < -0.4 is 0 Å². The van der Waals surface area contributed by atoms with Gasteiger partial charge >= 0.3 is 6.18 Å². The van der Waals surface area contributed by atoms with Gasteiger partial charge in [0.15, 0.2) is 0 Å². The Labute approximate surface area is 145 Å². The monoisotopic (exact) mass is 362 g/mol. The van der Waals surface area contributed by atoms with E-state index in [1.807, 2.05) is 0 Å². The minimum absolute atomic E-state index is 0.198. The summed E-state index contributed by atoms with van der Waals surface area (Å²) in [7, 11) is 0. The van der Waals surface area contributed by atoms with Crippen molar-refractivity contribution in [3.05, 3.63) is 54.0 Å². The Balaban J connectivity index is 1.72. The minimum atomic E-state index is -4.44. The number of rotatable bonds is 2. The predicted octanol–water partition coefficient (Wildman–Crippen LogP) is 3.22. The van der Waals surface area contributed by atoms with Crippen molar-refractivity contribution in [1.29, 1.82) is 0 Å². The Kier molecular flexibility index (Phi) is 3.87. The molecule has 0 atom stereocenters. The number of amides is 1. The topological polar surface area (TPSA) is 60.2 Å². The molecule has 0 spiro atoms. The van der Waals surface area contributed by atoms with Crippen LogP contribution in [-0.2, 0) is 11.0 Å². The van der Waals surface area contributed by atoms with Crippen LogP contribution in [0.2, 0.25) is 0 Å². The SMILES string of the molecule is O=C(c1cnn(-c2ccnc3cc(C(F)(F)F)ccc23)c1)N1CCCO1. The molecule has 0 aliphatic carbocycles. The lowest BCUT2D eigenvalue weighted by atomic mass is 10.1. The van der Waals surface area contributed by atoms with E-state index in [2.05, 4.69) is 10.1 Å². The average molecular weight is 362 g/mol. The van der Waals surface area contributed by atoms with Crippen LogP contribution >= 0.6 is 0 Å². The third-order valence-electron chi connectivity index (χ3n) is 4.10. The van der Waals surface area contributed by atoms with E-state index in [0.29, 0.717) is 29.8 Å². The summed E-state index contributed by atoms with van der Waals surface area (Å²) in [5, 5.41) is 5.94. The van der Waals surface area contributed by atoms with Crippen molar-refractivity contribution in [1.82, 2.24) is 19.8 Å². The lowest BCUT2D eigenvalue weighted by Crippen LogP contribution is -2.26. The van der Waals surface area contributed by atoms with Crippen molar-refractivity contribution < 1.29 is 22.8 Å². The first-order valence-corrected chi connectivity index (χ1v) is 7.89. The van der Waals surface area contributed by atoms with E-state index in [1.54, 1.807) is 6.07 Å². The molecule has 1 aromatic carbocycles. The number of benzene rings is 1. The highest BCUT2D eigenvalue weighted by Crippen LogP contribution is 2.32. The highest BCUT2D eigenvalue weighted by atomic mass is 19.4. The van der Waals surface area contributed by atoms with Crippen molar-refractivity contribution in [2.45, 2.75) is 12.6 Å². The molecule has 4 rings (SSSR count). The second-order valence-corrected chi connectivity index (χ2v) is 5.83. The number of pyridine rings is 1. The van der Waals surface area contributed by atoms with E-state index in [9.17, 15) is 18.0 Å². The molecular weight excluding hydrogens is 349 g/mol. The molecule has 1 fully saturated rings. The average Bonchev–Trinajstić information content (AvgIpc) is 3.31. The minimum Gasteiger partial charge on any atom is -0.271 e. The summed E-state index contributed by atoms with van der Waals surface area (Å²) in [4.78, 5) is 21.6. The third kappa shape index (κ3) is 2.90. The van der Waals surface area contributed by atoms with E-state index in [1.165, 1.54) is 34.4 Å². The molecular formula is C17H13F3N4O2. The molecule has 0 N–H and O–H groups in total. The second-order valence-electron chi connectivity index (χ2n) is 5.83. The zero-order valence-electron chi connectivity index (χ0n) is 13.4. The van der Waals surface area contributed by atoms with Gasteiger partial charge < -0.3 is 0 Å². The number of alkyl halides is 3. The maximum Gasteiger partial charge on any atom is 0.416 e.